The molecule has 0 radical (unpaired) electrons. The predicted molar refractivity (Wildman–Crippen MR) is 130 cm³/mol. The van der Waals surface area contributed by atoms with Crippen LogP contribution < -0.4 is 4.74 Å². The van der Waals surface area contributed by atoms with Crippen molar-refractivity contribution in [3.05, 3.63) is 59.5 Å². The third kappa shape index (κ3) is 4.49. The van der Waals surface area contributed by atoms with Gasteiger partial charge in [0.1, 0.15) is 17.9 Å². The van der Waals surface area contributed by atoms with Gasteiger partial charge in [-0.3, -0.25) is 0 Å². The smallest absolute Gasteiger partial charge is 0.243 e. The van der Waals surface area contributed by atoms with Crippen molar-refractivity contribution in [3.8, 4) is 5.75 Å². The molecule has 0 amide bonds. The molecule has 1 aliphatic rings. The van der Waals surface area contributed by atoms with Crippen LogP contribution in [0.25, 0.3) is 10.9 Å². The van der Waals surface area contributed by atoms with E-state index in [0.717, 1.165) is 28.4 Å². The highest BCUT2D eigenvalue weighted by Gasteiger charge is 2.32. The molecule has 0 spiro atoms. The van der Waals surface area contributed by atoms with Gasteiger partial charge in [-0.2, -0.15) is 4.31 Å². The Balaban J connectivity index is 1.58. The van der Waals surface area contributed by atoms with E-state index in [4.69, 9.17) is 4.74 Å². The van der Waals surface area contributed by atoms with Gasteiger partial charge in [-0.25, -0.2) is 12.8 Å². The second-order valence-electron chi connectivity index (χ2n) is 9.22. The Kier molecular flexibility index (Phi) is 6.82. The van der Waals surface area contributed by atoms with E-state index < -0.39 is 10.0 Å². The lowest BCUT2D eigenvalue weighted by molar-refractivity contribution is -0.110. The molecule has 0 bridgehead atoms. The maximum absolute atomic E-state index is 14.1. The number of ether oxygens (including phenoxy) is 1. The van der Waals surface area contributed by atoms with E-state index in [1.54, 1.807) is 30.3 Å². The van der Waals surface area contributed by atoms with Crippen molar-refractivity contribution < 1.29 is 22.3 Å². The zero-order chi connectivity index (χ0) is 24.6. The molecule has 2 heterocycles. The molecule has 0 N–H and O–H groups in total. The zero-order valence-electron chi connectivity index (χ0n) is 20.0. The number of aromatic nitrogens is 1. The van der Waals surface area contributed by atoms with Crippen molar-refractivity contribution in [2.24, 2.45) is 0 Å². The van der Waals surface area contributed by atoms with Gasteiger partial charge in [0.25, 0.3) is 0 Å². The van der Waals surface area contributed by atoms with Gasteiger partial charge in [0, 0.05) is 29.7 Å². The summed E-state index contributed by atoms with van der Waals surface area (Å²) in [6, 6.07) is 10.8. The molecule has 182 valence electrons. The van der Waals surface area contributed by atoms with Gasteiger partial charge in [0.05, 0.1) is 17.0 Å². The predicted octanol–water partition coefficient (Wildman–Crippen LogP) is 5.20. The fourth-order valence-corrected chi connectivity index (χ4v) is 6.51. The number of carbonyl (C=O) groups excluding carboxylic acids is 1. The van der Waals surface area contributed by atoms with Gasteiger partial charge >= 0.3 is 0 Å². The molecule has 1 fully saturated rings. The molecule has 6 nitrogen and oxygen atoms in total. The van der Waals surface area contributed by atoms with Crippen LogP contribution in [0.1, 0.15) is 56.8 Å². The Morgan fingerprint density at radius 2 is 1.71 bits per heavy atom. The summed E-state index contributed by atoms with van der Waals surface area (Å²) in [6.45, 7) is 8.37. The summed E-state index contributed by atoms with van der Waals surface area (Å²) in [4.78, 5) is 11.8. The zero-order valence-corrected chi connectivity index (χ0v) is 20.8. The Bertz CT molecular complexity index is 1290. The largest absolute Gasteiger partial charge is 0.491 e. The number of nitrogens with zero attached hydrogens (tertiary/aromatic N) is 2. The Labute approximate surface area is 200 Å². The SMILES string of the molecule is Cc1c(C2CCN(S(=O)(=O)c3ccc(OC(C)C)cc3)CC2)c2cc(F)ccc2n1C(C)C=O. The average molecular weight is 487 g/mol. The highest BCUT2D eigenvalue weighted by atomic mass is 32.2. The van der Waals surface area contributed by atoms with Crippen LogP contribution >= 0.6 is 0 Å². The van der Waals surface area contributed by atoms with Crippen molar-refractivity contribution >= 4 is 27.2 Å². The summed E-state index contributed by atoms with van der Waals surface area (Å²) in [7, 11) is -3.62. The number of fused-ring (bicyclic) bond motifs is 1. The lowest BCUT2D eigenvalue weighted by Crippen LogP contribution is -2.38. The fraction of sp³-hybridized carbons (Fsp3) is 0.423. The first-order valence-electron chi connectivity index (χ1n) is 11.7. The molecular formula is C26H31FN2O4S. The number of piperidine rings is 1. The molecule has 1 aliphatic heterocycles. The third-order valence-electron chi connectivity index (χ3n) is 6.56. The van der Waals surface area contributed by atoms with E-state index >= 15 is 0 Å². The summed E-state index contributed by atoms with van der Waals surface area (Å²) in [5.41, 5.74) is 2.77. The molecule has 4 rings (SSSR count). The van der Waals surface area contributed by atoms with Crippen LogP contribution in [0.5, 0.6) is 5.75 Å². The first-order chi connectivity index (χ1) is 16.1. The summed E-state index contributed by atoms with van der Waals surface area (Å²) in [6.07, 6.45) is 2.14. The second kappa shape index (κ2) is 9.50. The first-order valence-corrected chi connectivity index (χ1v) is 13.1. The quantitative estimate of drug-likeness (QED) is 0.430. The number of benzene rings is 2. The summed E-state index contributed by atoms with van der Waals surface area (Å²) in [5, 5.41) is 0.799. The molecule has 1 aromatic heterocycles. The van der Waals surface area contributed by atoms with E-state index in [1.165, 1.54) is 16.4 Å². The van der Waals surface area contributed by atoms with Gasteiger partial charge in [0.15, 0.2) is 0 Å². The number of hydrogen-bond acceptors (Lipinski definition) is 4. The molecule has 1 unspecified atom stereocenters. The summed E-state index contributed by atoms with van der Waals surface area (Å²) < 4.78 is 49.6. The molecule has 0 saturated carbocycles. The van der Waals surface area contributed by atoms with Crippen LogP contribution in [-0.4, -0.2) is 42.8 Å². The van der Waals surface area contributed by atoms with Gasteiger partial charge in [0.2, 0.25) is 10.0 Å². The van der Waals surface area contributed by atoms with Gasteiger partial charge in [-0.05, 0) is 94.5 Å². The van der Waals surface area contributed by atoms with E-state index in [1.807, 2.05) is 32.3 Å². The Morgan fingerprint density at radius 3 is 2.29 bits per heavy atom. The van der Waals surface area contributed by atoms with Crippen LogP contribution in [0.2, 0.25) is 0 Å². The molecule has 0 aliphatic carbocycles. The van der Waals surface area contributed by atoms with E-state index in [2.05, 4.69) is 0 Å². The first kappa shape index (κ1) is 24.4. The summed E-state index contributed by atoms with van der Waals surface area (Å²) >= 11 is 0. The normalized spacial score (nSPS) is 16.8. The number of sulfonamides is 1. The van der Waals surface area contributed by atoms with Crippen LogP contribution in [0.3, 0.4) is 0 Å². The van der Waals surface area contributed by atoms with Crippen molar-refractivity contribution in [1.82, 2.24) is 8.87 Å². The van der Waals surface area contributed by atoms with E-state index in [9.17, 15) is 17.6 Å². The second-order valence-corrected chi connectivity index (χ2v) is 11.2. The standard InChI is InChI=1S/C26H31FN2O4S/c1-17(2)33-22-6-8-23(9-7-22)34(31,32)28-13-11-20(12-14-28)26-19(4)29(18(3)16-30)25-10-5-21(27)15-24(25)26/h5-10,15-18,20H,11-14H2,1-4H3. The number of aldehydes is 1. The number of carbonyl (C=O) groups is 1. The van der Waals surface area contributed by atoms with Crippen molar-refractivity contribution in [2.45, 2.75) is 63.5 Å². The minimum absolute atomic E-state index is 0.0129. The lowest BCUT2D eigenvalue weighted by atomic mass is 9.88. The topological polar surface area (TPSA) is 68.6 Å². The molecule has 2 aromatic carbocycles. The van der Waals surface area contributed by atoms with Gasteiger partial charge in [-0.15, -0.1) is 0 Å². The third-order valence-corrected chi connectivity index (χ3v) is 8.47. The maximum atomic E-state index is 14.1. The lowest BCUT2D eigenvalue weighted by Gasteiger charge is -2.31. The minimum atomic E-state index is -3.62. The van der Waals surface area contributed by atoms with Crippen LogP contribution in [0, 0.1) is 12.7 Å². The maximum Gasteiger partial charge on any atom is 0.243 e. The van der Waals surface area contributed by atoms with Crippen molar-refractivity contribution in [1.29, 1.82) is 0 Å². The number of hydrogen-bond donors (Lipinski definition) is 0. The van der Waals surface area contributed by atoms with Gasteiger partial charge < -0.3 is 14.1 Å². The molecule has 34 heavy (non-hydrogen) atoms. The van der Waals surface area contributed by atoms with E-state index in [0.29, 0.717) is 31.7 Å². The summed E-state index contributed by atoms with van der Waals surface area (Å²) in [5.74, 6) is 0.392. The van der Waals surface area contributed by atoms with Crippen LogP contribution in [-0.2, 0) is 14.8 Å². The Morgan fingerprint density at radius 1 is 1.06 bits per heavy atom. The van der Waals surface area contributed by atoms with E-state index in [-0.39, 0.29) is 28.8 Å². The molecule has 3 aromatic rings. The van der Waals surface area contributed by atoms with Crippen molar-refractivity contribution in [2.75, 3.05) is 13.1 Å². The molecule has 8 heteroatoms. The van der Waals surface area contributed by atoms with Crippen LogP contribution in [0.4, 0.5) is 4.39 Å². The Hall–Kier alpha value is -2.71. The van der Waals surface area contributed by atoms with Crippen LogP contribution in [0.15, 0.2) is 47.4 Å². The molecule has 1 saturated heterocycles. The fourth-order valence-electron chi connectivity index (χ4n) is 5.04. The number of rotatable bonds is 7. The monoisotopic (exact) mass is 486 g/mol. The minimum Gasteiger partial charge on any atom is -0.491 e. The van der Waals surface area contributed by atoms with Gasteiger partial charge in [-0.1, -0.05) is 0 Å². The molecule has 1 atom stereocenters. The van der Waals surface area contributed by atoms with Crippen molar-refractivity contribution in [3.63, 3.8) is 0 Å². The average Bonchev–Trinajstić information content (AvgIpc) is 3.09. The highest BCUT2D eigenvalue weighted by molar-refractivity contribution is 7.89. The molecular weight excluding hydrogens is 455 g/mol. The highest BCUT2D eigenvalue weighted by Crippen LogP contribution is 2.39. The number of halogens is 1.